The van der Waals surface area contributed by atoms with Crippen LogP contribution in [0.25, 0.3) is 0 Å². The Morgan fingerprint density at radius 3 is 2.73 bits per heavy atom. The standard InChI is InChI=1S/C16H16ClN3O2/c1-10(16(22)18-14-5-3-2-4-12(14)17)20-15(21)9-8-13(19-20)11-6-7-11/h2-5,8-11H,6-7H2,1H3,(H,18,22). The molecule has 1 aromatic carbocycles. The second kappa shape index (κ2) is 5.93. The van der Waals surface area contributed by atoms with E-state index in [2.05, 4.69) is 10.4 Å². The van der Waals surface area contributed by atoms with Crippen LogP contribution in [0.5, 0.6) is 0 Å². The second-order valence-corrected chi connectivity index (χ2v) is 5.87. The fourth-order valence-electron chi connectivity index (χ4n) is 2.23. The van der Waals surface area contributed by atoms with Crippen LogP contribution in [0.4, 0.5) is 5.69 Å². The van der Waals surface area contributed by atoms with Crippen molar-refractivity contribution in [3.05, 3.63) is 57.5 Å². The maximum atomic E-state index is 12.3. The quantitative estimate of drug-likeness (QED) is 0.943. The monoisotopic (exact) mass is 317 g/mol. The molecular formula is C16H16ClN3O2. The van der Waals surface area contributed by atoms with Gasteiger partial charge < -0.3 is 5.32 Å². The highest BCUT2D eigenvalue weighted by Crippen LogP contribution is 2.38. The fourth-order valence-corrected chi connectivity index (χ4v) is 2.41. The number of rotatable bonds is 4. The molecule has 1 unspecified atom stereocenters. The summed E-state index contributed by atoms with van der Waals surface area (Å²) >= 11 is 6.03. The summed E-state index contributed by atoms with van der Waals surface area (Å²) in [5.41, 5.74) is 1.11. The van der Waals surface area contributed by atoms with E-state index in [1.54, 1.807) is 37.3 Å². The van der Waals surface area contributed by atoms with Crippen molar-refractivity contribution in [3.8, 4) is 0 Å². The molecule has 5 nitrogen and oxygen atoms in total. The molecule has 1 fully saturated rings. The van der Waals surface area contributed by atoms with Crippen molar-refractivity contribution < 1.29 is 4.79 Å². The minimum Gasteiger partial charge on any atom is -0.323 e. The van der Waals surface area contributed by atoms with E-state index in [4.69, 9.17) is 11.6 Å². The highest BCUT2D eigenvalue weighted by Gasteiger charge is 2.27. The van der Waals surface area contributed by atoms with Crippen molar-refractivity contribution in [1.29, 1.82) is 0 Å². The third-order valence-corrected chi connectivity index (χ3v) is 4.05. The van der Waals surface area contributed by atoms with Crippen LogP contribution in [0, 0.1) is 0 Å². The summed E-state index contributed by atoms with van der Waals surface area (Å²) in [6.07, 6.45) is 2.18. The number of hydrogen-bond acceptors (Lipinski definition) is 3. The van der Waals surface area contributed by atoms with Crippen molar-refractivity contribution in [2.45, 2.75) is 31.7 Å². The number of aromatic nitrogens is 2. The fraction of sp³-hybridized carbons (Fsp3) is 0.312. The maximum absolute atomic E-state index is 12.3. The van der Waals surface area contributed by atoms with E-state index in [9.17, 15) is 9.59 Å². The first-order valence-electron chi connectivity index (χ1n) is 7.21. The van der Waals surface area contributed by atoms with Crippen LogP contribution in [0.3, 0.4) is 0 Å². The summed E-state index contributed by atoms with van der Waals surface area (Å²) in [7, 11) is 0. The molecule has 1 aromatic heterocycles. The summed E-state index contributed by atoms with van der Waals surface area (Å²) in [6.45, 7) is 1.65. The minimum absolute atomic E-state index is 0.286. The molecular weight excluding hydrogens is 302 g/mol. The number of carbonyl (C=O) groups is 1. The summed E-state index contributed by atoms with van der Waals surface area (Å²) in [6, 6.07) is 9.48. The Bertz CT molecular complexity index is 768. The lowest BCUT2D eigenvalue weighted by Crippen LogP contribution is -2.33. The first-order chi connectivity index (χ1) is 10.6. The molecule has 114 valence electrons. The average molecular weight is 318 g/mol. The highest BCUT2D eigenvalue weighted by molar-refractivity contribution is 6.33. The van der Waals surface area contributed by atoms with Crippen LogP contribution in [0.1, 0.15) is 37.4 Å². The number of halogens is 1. The summed E-state index contributed by atoms with van der Waals surface area (Å²) in [5, 5.41) is 7.51. The van der Waals surface area contributed by atoms with Gasteiger partial charge in [-0.2, -0.15) is 5.10 Å². The van der Waals surface area contributed by atoms with Gasteiger partial charge in [-0.25, -0.2) is 4.68 Å². The van der Waals surface area contributed by atoms with E-state index >= 15 is 0 Å². The number of nitrogens with one attached hydrogen (secondary N) is 1. The van der Waals surface area contributed by atoms with Crippen LogP contribution in [0.2, 0.25) is 5.02 Å². The zero-order valence-corrected chi connectivity index (χ0v) is 12.9. The van der Waals surface area contributed by atoms with Gasteiger partial charge in [-0.1, -0.05) is 23.7 Å². The molecule has 3 rings (SSSR count). The Balaban J connectivity index is 1.82. The van der Waals surface area contributed by atoms with Gasteiger partial charge in [0.15, 0.2) is 0 Å². The molecule has 2 aromatic rings. The van der Waals surface area contributed by atoms with Crippen LogP contribution in [0.15, 0.2) is 41.2 Å². The zero-order valence-electron chi connectivity index (χ0n) is 12.1. The molecule has 1 atom stereocenters. The molecule has 0 saturated heterocycles. The minimum atomic E-state index is -0.706. The number of anilines is 1. The lowest BCUT2D eigenvalue weighted by Gasteiger charge is -2.15. The molecule has 1 aliphatic carbocycles. The van der Waals surface area contributed by atoms with Gasteiger partial charge in [0.1, 0.15) is 6.04 Å². The van der Waals surface area contributed by atoms with E-state index in [-0.39, 0.29) is 11.5 Å². The highest BCUT2D eigenvalue weighted by atomic mass is 35.5. The number of hydrogen-bond donors (Lipinski definition) is 1. The third-order valence-electron chi connectivity index (χ3n) is 3.72. The molecule has 6 heteroatoms. The molecule has 1 saturated carbocycles. The molecule has 1 N–H and O–H groups in total. The van der Waals surface area contributed by atoms with Crippen LogP contribution < -0.4 is 10.9 Å². The van der Waals surface area contributed by atoms with Crippen LogP contribution >= 0.6 is 11.6 Å². The van der Waals surface area contributed by atoms with E-state index in [0.717, 1.165) is 18.5 Å². The Hall–Kier alpha value is -2.14. The van der Waals surface area contributed by atoms with Crippen molar-refractivity contribution in [2.75, 3.05) is 5.32 Å². The van der Waals surface area contributed by atoms with E-state index < -0.39 is 6.04 Å². The Kier molecular flexibility index (Phi) is 3.98. The first kappa shape index (κ1) is 14.8. The van der Waals surface area contributed by atoms with Crippen LogP contribution in [-0.2, 0) is 4.79 Å². The molecule has 0 radical (unpaired) electrons. The average Bonchev–Trinajstić information content (AvgIpc) is 3.34. The Labute approximate surface area is 132 Å². The van der Waals surface area contributed by atoms with Crippen molar-refractivity contribution in [1.82, 2.24) is 9.78 Å². The van der Waals surface area contributed by atoms with Gasteiger partial charge in [0.2, 0.25) is 5.91 Å². The molecule has 0 aliphatic heterocycles. The van der Waals surface area contributed by atoms with Gasteiger partial charge in [0.25, 0.3) is 5.56 Å². The molecule has 22 heavy (non-hydrogen) atoms. The van der Waals surface area contributed by atoms with E-state index in [1.807, 2.05) is 0 Å². The summed E-state index contributed by atoms with van der Waals surface area (Å²) < 4.78 is 1.24. The van der Waals surface area contributed by atoms with Crippen molar-refractivity contribution in [2.24, 2.45) is 0 Å². The number of nitrogens with zero attached hydrogens (tertiary/aromatic N) is 2. The van der Waals surface area contributed by atoms with Crippen LogP contribution in [-0.4, -0.2) is 15.7 Å². The van der Waals surface area contributed by atoms with Gasteiger partial charge >= 0.3 is 0 Å². The largest absolute Gasteiger partial charge is 0.323 e. The third kappa shape index (κ3) is 3.04. The van der Waals surface area contributed by atoms with Gasteiger partial charge in [-0.3, -0.25) is 9.59 Å². The topological polar surface area (TPSA) is 64.0 Å². The lowest BCUT2D eigenvalue weighted by molar-refractivity contribution is -0.119. The number of benzene rings is 1. The number of carbonyl (C=O) groups excluding carboxylic acids is 1. The predicted octanol–water partition coefficient (Wildman–Crippen LogP) is 2.97. The van der Waals surface area contributed by atoms with Crippen molar-refractivity contribution >= 4 is 23.2 Å². The van der Waals surface area contributed by atoms with Crippen molar-refractivity contribution in [3.63, 3.8) is 0 Å². The van der Waals surface area contributed by atoms with Gasteiger partial charge in [-0.15, -0.1) is 0 Å². The smallest absolute Gasteiger partial charge is 0.267 e. The molecule has 1 heterocycles. The molecule has 1 amide bonds. The van der Waals surface area contributed by atoms with Gasteiger partial charge in [0.05, 0.1) is 16.4 Å². The second-order valence-electron chi connectivity index (χ2n) is 5.46. The Morgan fingerprint density at radius 2 is 2.05 bits per heavy atom. The van der Waals surface area contributed by atoms with E-state index in [0.29, 0.717) is 16.6 Å². The van der Waals surface area contributed by atoms with Gasteiger partial charge in [0, 0.05) is 12.0 Å². The first-order valence-corrected chi connectivity index (χ1v) is 7.59. The zero-order chi connectivity index (χ0) is 15.7. The summed E-state index contributed by atoms with van der Waals surface area (Å²) in [4.78, 5) is 24.3. The molecule has 0 spiro atoms. The number of para-hydroxylation sites is 1. The van der Waals surface area contributed by atoms with E-state index in [1.165, 1.54) is 10.7 Å². The normalized spacial score (nSPS) is 15.4. The predicted molar refractivity (Wildman–Crippen MR) is 85.3 cm³/mol. The SMILES string of the molecule is CC(C(=O)Nc1ccccc1Cl)n1nc(C2CC2)ccc1=O. The summed E-state index contributed by atoms with van der Waals surface area (Å²) in [5.74, 6) is 0.0984. The molecule has 1 aliphatic rings. The molecule has 0 bridgehead atoms. The Morgan fingerprint density at radius 1 is 1.32 bits per heavy atom. The maximum Gasteiger partial charge on any atom is 0.267 e. The van der Waals surface area contributed by atoms with Gasteiger partial charge in [-0.05, 0) is 38.0 Å². The lowest BCUT2D eigenvalue weighted by atomic mass is 10.2. The number of amides is 1.